The fourth-order valence-electron chi connectivity index (χ4n) is 3.32. The molecule has 0 atom stereocenters. The second-order valence-corrected chi connectivity index (χ2v) is 7.53. The Morgan fingerprint density at radius 1 is 0.968 bits per heavy atom. The number of fused-ring (bicyclic) bond motifs is 1. The van der Waals surface area contributed by atoms with Gasteiger partial charge < -0.3 is 10.4 Å². The average Bonchev–Trinajstić information content (AvgIpc) is 2.80. The van der Waals surface area contributed by atoms with Crippen LogP contribution in [0.1, 0.15) is 27.3 Å². The molecule has 0 bridgehead atoms. The minimum absolute atomic E-state index is 0.409. The van der Waals surface area contributed by atoms with E-state index >= 15 is 0 Å². The maximum atomic E-state index is 10.9. The number of aliphatic hydroxyl groups excluding tert-OH is 1. The zero-order valence-electron chi connectivity index (χ0n) is 17.9. The number of hydrogen-bond donors (Lipinski definition) is 2. The number of hydrogen-bond acceptors (Lipinski definition) is 5. The lowest BCUT2D eigenvalue weighted by molar-refractivity contribution is 0.111. The number of nitrogens with zero attached hydrogens (tertiary/aromatic N) is 2. The molecule has 0 aliphatic rings. The number of nitrogens with one attached hydrogen (secondary N) is 1. The summed E-state index contributed by atoms with van der Waals surface area (Å²) in [5.74, 6) is 0. The van der Waals surface area contributed by atoms with Crippen LogP contribution < -0.4 is 5.32 Å². The van der Waals surface area contributed by atoms with Crippen molar-refractivity contribution in [2.75, 3.05) is 12.4 Å². The fourth-order valence-corrected chi connectivity index (χ4v) is 3.51. The van der Waals surface area contributed by atoms with E-state index < -0.39 is 0 Å². The Kier molecular flexibility index (Phi) is 7.00. The number of carbonyl (C=O) groups excluding carboxylic acids is 1. The molecule has 0 saturated carbocycles. The van der Waals surface area contributed by atoms with Gasteiger partial charge >= 0.3 is 0 Å². The van der Waals surface area contributed by atoms with Gasteiger partial charge in [0.2, 0.25) is 0 Å². The molecule has 2 N–H and O–H groups in total. The number of aryl methyl sites for hydroxylation is 3. The van der Waals surface area contributed by atoms with Gasteiger partial charge in [-0.1, -0.05) is 35.9 Å². The third-order valence-electron chi connectivity index (χ3n) is 4.98. The molecule has 0 amide bonds. The number of carbonyl (C=O) groups is 1. The van der Waals surface area contributed by atoms with Crippen LogP contribution in [0.3, 0.4) is 0 Å². The molecular formula is C25H24ClN3O2. The fraction of sp³-hybridized carbons (Fsp3) is 0.160. The van der Waals surface area contributed by atoms with E-state index in [0.717, 1.165) is 58.1 Å². The molecule has 0 fully saturated rings. The van der Waals surface area contributed by atoms with Crippen LogP contribution in [0, 0.1) is 20.8 Å². The van der Waals surface area contributed by atoms with Crippen LogP contribution in [0.25, 0.3) is 22.0 Å². The predicted octanol–water partition coefficient (Wildman–Crippen LogP) is 6.04. The zero-order chi connectivity index (χ0) is 22.5. The first-order chi connectivity index (χ1) is 15.0. The van der Waals surface area contributed by atoms with E-state index in [4.69, 9.17) is 16.7 Å². The standard InChI is InChI=1S/C24H20ClN3O.CH4O/c1-14-4-5-15(2)22(10-14)28-24-20-11-17(18-6-8-19(13-29)26-12-18)7-9-21(20)27-16(3)23(24)25;1-2/h4-13H,1-3H3,(H,27,28);2H,1H3. The first-order valence-electron chi connectivity index (χ1n) is 9.77. The molecule has 158 valence electrons. The Bertz CT molecular complexity index is 1240. The number of aromatic nitrogens is 2. The summed E-state index contributed by atoms with van der Waals surface area (Å²) in [5.41, 5.74) is 8.11. The van der Waals surface area contributed by atoms with E-state index in [0.29, 0.717) is 10.7 Å². The van der Waals surface area contributed by atoms with E-state index in [9.17, 15) is 4.79 Å². The van der Waals surface area contributed by atoms with Crippen molar-refractivity contribution in [3.63, 3.8) is 0 Å². The van der Waals surface area contributed by atoms with Gasteiger partial charge in [0.15, 0.2) is 6.29 Å². The van der Waals surface area contributed by atoms with Gasteiger partial charge in [-0.25, -0.2) is 0 Å². The van der Waals surface area contributed by atoms with Gasteiger partial charge in [-0.05, 0) is 61.7 Å². The van der Waals surface area contributed by atoms with Crippen molar-refractivity contribution in [2.24, 2.45) is 0 Å². The van der Waals surface area contributed by atoms with Crippen LogP contribution >= 0.6 is 11.6 Å². The lowest BCUT2D eigenvalue weighted by atomic mass is 10.0. The summed E-state index contributed by atoms with van der Waals surface area (Å²) in [7, 11) is 1.00. The quantitative estimate of drug-likeness (QED) is 0.384. The van der Waals surface area contributed by atoms with Crippen molar-refractivity contribution in [2.45, 2.75) is 20.8 Å². The SMILES string of the molecule is CO.Cc1ccc(C)c(Nc2c(Cl)c(C)nc3ccc(-c4ccc(C=O)nc4)cc23)c1. The van der Waals surface area contributed by atoms with Gasteiger partial charge in [0, 0.05) is 29.9 Å². The van der Waals surface area contributed by atoms with Crippen molar-refractivity contribution in [1.29, 1.82) is 0 Å². The molecule has 5 nitrogen and oxygen atoms in total. The Balaban J connectivity index is 0.00000132. The molecule has 0 unspecified atom stereocenters. The summed E-state index contributed by atoms with van der Waals surface area (Å²) < 4.78 is 0. The Morgan fingerprint density at radius 3 is 2.39 bits per heavy atom. The van der Waals surface area contributed by atoms with Crippen LogP contribution in [0.5, 0.6) is 0 Å². The van der Waals surface area contributed by atoms with Crippen LogP contribution in [0.2, 0.25) is 5.02 Å². The lowest BCUT2D eigenvalue weighted by Crippen LogP contribution is -1.99. The second kappa shape index (κ2) is 9.69. The number of anilines is 2. The van der Waals surface area contributed by atoms with Gasteiger partial charge in [-0.15, -0.1) is 0 Å². The summed E-state index contributed by atoms with van der Waals surface area (Å²) in [4.78, 5) is 19.7. The highest BCUT2D eigenvalue weighted by Gasteiger charge is 2.14. The Hall–Kier alpha value is -3.28. The van der Waals surface area contributed by atoms with Crippen LogP contribution in [-0.4, -0.2) is 28.5 Å². The minimum atomic E-state index is 0.409. The molecule has 2 heterocycles. The topological polar surface area (TPSA) is 75.1 Å². The third kappa shape index (κ3) is 4.74. The van der Waals surface area contributed by atoms with Gasteiger partial charge in [0.1, 0.15) is 5.69 Å². The summed E-state index contributed by atoms with van der Waals surface area (Å²) in [5, 5.41) is 12.1. The first kappa shape index (κ1) is 22.4. The molecule has 4 aromatic rings. The maximum absolute atomic E-state index is 10.9. The highest BCUT2D eigenvalue weighted by atomic mass is 35.5. The molecular weight excluding hydrogens is 410 g/mol. The van der Waals surface area contributed by atoms with Crippen molar-refractivity contribution >= 4 is 40.2 Å². The summed E-state index contributed by atoms with van der Waals surface area (Å²) in [6.07, 6.45) is 2.44. The predicted molar refractivity (Wildman–Crippen MR) is 127 cm³/mol. The van der Waals surface area contributed by atoms with Gasteiger partial charge in [0.05, 0.1) is 21.9 Å². The van der Waals surface area contributed by atoms with Crippen LogP contribution in [-0.2, 0) is 0 Å². The molecule has 0 aliphatic carbocycles. The highest BCUT2D eigenvalue weighted by molar-refractivity contribution is 6.35. The van der Waals surface area contributed by atoms with Crippen molar-refractivity contribution in [3.05, 3.63) is 82.3 Å². The maximum Gasteiger partial charge on any atom is 0.168 e. The average molecular weight is 434 g/mol. The third-order valence-corrected chi connectivity index (χ3v) is 5.45. The molecule has 6 heteroatoms. The van der Waals surface area contributed by atoms with Crippen molar-refractivity contribution in [1.82, 2.24) is 9.97 Å². The molecule has 0 spiro atoms. The molecule has 2 aromatic heterocycles. The summed E-state index contributed by atoms with van der Waals surface area (Å²) in [6.45, 7) is 6.04. The van der Waals surface area contributed by atoms with E-state index in [1.807, 2.05) is 25.1 Å². The minimum Gasteiger partial charge on any atom is -0.400 e. The second-order valence-electron chi connectivity index (χ2n) is 7.15. The van der Waals surface area contributed by atoms with E-state index in [1.165, 1.54) is 5.56 Å². The summed E-state index contributed by atoms with van der Waals surface area (Å²) >= 11 is 6.68. The van der Waals surface area contributed by atoms with Gasteiger partial charge in [-0.3, -0.25) is 14.8 Å². The normalized spacial score (nSPS) is 10.4. The Morgan fingerprint density at radius 2 is 1.71 bits per heavy atom. The molecule has 4 rings (SSSR count). The monoisotopic (exact) mass is 433 g/mol. The lowest BCUT2D eigenvalue weighted by Gasteiger charge is -2.16. The largest absolute Gasteiger partial charge is 0.400 e. The van der Waals surface area contributed by atoms with E-state index in [-0.39, 0.29) is 0 Å². The number of rotatable bonds is 4. The molecule has 2 aromatic carbocycles. The van der Waals surface area contributed by atoms with Gasteiger partial charge in [0.25, 0.3) is 0 Å². The zero-order valence-corrected chi connectivity index (χ0v) is 18.7. The first-order valence-corrected chi connectivity index (χ1v) is 10.1. The molecule has 0 saturated heterocycles. The van der Waals surface area contributed by atoms with Crippen LogP contribution in [0.4, 0.5) is 11.4 Å². The molecule has 0 aliphatic heterocycles. The number of benzene rings is 2. The van der Waals surface area contributed by atoms with Crippen LogP contribution in [0.15, 0.2) is 54.7 Å². The van der Waals surface area contributed by atoms with E-state index in [1.54, 1.807) is 12.3 Å². The molecule has 0 radical (unpaired) electrons. The number of aldehydes is 1. The summed E-state index contributed by atoms with van der Waals surface area (Å²) in [6, 6.07) is 15.9. The van der Waals surface area contributed by atoms with E-state index in [2.05, 4.69) is 53.4 Å². The van der Waals surface area contributed by atoms with Crippen molar-refractivity contribution < 1.29 is 9.90 Å². The smallest absolute Gasteiger partial charge is 0.168 e. The Labute approximate surface area is 186 Å². The number of aliphatic hydroxyl groups is 1. The highest BCUT2D eigenvalue weighted by Crippen LogP contribution is 2.37. The number of pyridine rings is 2. The van der Waals surface area contributed by atoms with Gasteiger partial charge in [-0.2, -0.15) is 0 Å². The number of halogens is 1. The molecule has 31 heavy (non-hydrogen) atoms. The van der Waals surface area contributed by atoms with Crippen molar-refractivity contribution in [3.8, 4) is 11.1 Å².